The molecule has 0 aliphatic heterocycles. The number of benzene rings is 1. The van der Waals surface area contributed by atoms with E-state index in [0.717, 1.165) is 5.92 Å². The number of rotatable bonds is 1. The molecule has 0 heterocycles. The molecule has 0 bridgehead atoms. The van der Waals surface area contributed by atoms with E-state index in [9.17, 15) is 0 Å². The lowest BCUT2D eigenvalue weighted by Gasteiger charge is -2.06. The average molecular weight is 144 g/mol. The van der Waals surface area contributed by atoms with E-state index in [1.807, 2.05) is 0 Å². The number of fused-ring (bicyclic) bond motifs is 1. The molecule has 0 unspecified atom stereocenters. The Kier molecular flexibility index (Phi) is 0.806. The normalized spacial score (nSPS) is 38.1. The molecule has 0 saturated heterocycles. The molecule has 1 aromatic carbocycles. The van der Waals surface area contributed by atoms with Crippen molar-refractivity contribution in [2.45, 2.75) is 25.2 Å². The van der Waals surface area contributed by atoms with Crippen molar-refractivity contribution in [3.05, 3.63) is 35.4 Å². The van der Waals surface area contributed by atoms with E-state index in [2.05, 4.69) is 31.2 Å². The van der Waals surface area contributed by atoms with Gasteiger partial charge in [-0.3, -0.25) is 0 Å². The van der Waals surface area contributed by atoms with Crippen LogP contribution in [-0.2, 0) is 5.41 Å². The Hall–Kier alpha value is -0.780. The second-order valence-electron chi connectivity index (χ2n) is 4.08. The molecule has 0 aromatic heterocycles. The van der Waals surface area contributed by atoms with Crippen molar-refractivity contribution in [2.75, 3.05) is 0 Å². The summed E-state index contributed by atoms with van der Waals surface area (Å²) in [5.41, 5.74) is 3.82. The van der Waals surface area contributed by atoms with Crippen molar-refractivity contribution < 1.29 is 0 Å². The molecule has 0 nitrogen and oxygen atoms in total. The zero-order valence-corrected chi connectivity index (χ0v) is 6.80. The lowest BCUT2D eigenvalue weighted by Crippen LogP contribution is -1.95. The summed E-state index contributed by atoms with van der Waals surface area (Å²) in [7, 11) is 0. The van der Waals surface area contributed by atoms with Crippen molar-refractivity contribution in [1.29, 1.82) is 0 Å². The van der Waals surface area contributed by atoms with Gasteiger partial charge in [0.1, 0.15) is 0 Å². The number of hydrogen-bond acceptors (Lipinski definition) is 0. The van der Waals surface area contributed by atoms with Gasteiger partial charge in [-0.1, -0.05) is 24.3 Å². The minimum absolute atomic E-state index is 0.700. The molecule has 2 fully saturated rings. The van der Waals surface area contributed by atoms with Crippen LogP contribution in [0.5, 0.6) is 0 Å². The van der Waals surface area contributed by atoms with Gasteiger partial charge < -0.3 is 0 Å². The van der Waals surface area contributed by atoms with E-state index in [0.29, 0.717) is 5.41 Å². The predicted molar refractivity (Wildman–Crippen MR) is 45.6 cm³/mol. The molecule has 1 aromatic rings. The summed E-state index contributed by atoms with van der Waals surface area (Å²) in [5.74, 6) is 1.07. The Morgan fingerprint density at radius 1 is 1.27 bits per heavy atom. The Balaban J connectivity index is 2.13. The molecule has 2 aliphatic carbocycles. The van der Waals surface area contributed by atoms with E-state index >= 15 is 0 Å². The predicted octanol–water partition coefficient (Wildman–Crippen LogP) is 2.66. The fraction of sp³-hybridized carbons (Fsp3) is 0.455. The van der Waals surface area contributed by atoms with Crippen LogP contribution in [0.3, 0.4) is 0 Å². The molecule has 0 spiro atoms. The molecule has 3 rings (SSSR count). The van der Waals surface area contributed by atoms with Crippen LogP contribution in [0, 0.1) is 12.8 Å². The molecule has 11 heavy (non-hydrogen) atoms. The summed E-state index contributed by atoms with van der Waals surface area (Å²) in [5, 5.41) is 0. The van der Waals surface area contributed by atoms with Gasteiger partial charge in [0, 0.05) is 0 Å². The molecule has 2 saturated carbocycles. The topological polar surface area (TPSA) is 0 Å². The van der Waals surface area contributed by atoms with Crippen molar-refractivity contribution in [1.82, 2.24) is 0 Å². The van der Waals surface area contributed by atoms with Crippen LogP contribution in [0.15, 0.2) is 24.3 Å². The van der Waals surface area contributed by atoms with Crippen molar-refractivity contribution in [3.63, 3.8) is 0 Å². The maximum atomic E-state index is 2.31. The zero-order valence-electron chi connectivity index (χ0n) is 6.80. The Bertz CT molecular complexity index is 306. The van der Waals surface area contributed by atoms with E-state index < -0.39 is 0 Å². The van der Waals surface area contributed by atoms with Crippen LogP contribution in [0.2, 0.25) is 0 Å². The SMILES string of the molecule is Cc1ccccc1C12CC1C2. The molecule has 0 N–H and O–H groups in total. The Labute approximate surface area is 67.2 Å². The van der Waals surface area contributed by atoms with Gasteiger partial charge >= 0.3 is 0 Å². The summed E-state index contributed by atoms with van der Waals surface area (Å²) in [6.07, 6.45) is 2.94. The number of aryl methyl sites for hydroxylation is 1. The van der Waals surface area contributed by atoms with Crippen LogP contribution in [0.25, 0.3) is 0 Å². The fourth-order valence-electron chi connectivity index (χ4n) is 2.27. The van der Waals surface area contributed by atoms with Crippen LogP contribution in [0.4, 0.5) is 0 Å². The molecule has 0 heteroatoms. The molecular formula is C11H12. The molecule has 0 amide bonds. The highest BCUT2D eigenvalue weighted by Gasteiger charge is 2.70. The van der Waals surface area contributed by atoms with Gasteiger partial charge in [0.25, 0.3) is 0 Å². The first-order valence-corrected chi connectivity index (χ1v) is 4.39. The third-order valence-electron chi connectivity index (χ3n) is 3.36. The molecule has 56 valence electrons. The summed E-state index contributed by atoms with van der Waals surface area (Å²) in [6.45, 7) is 2.23. The highest BCUT2D eigenvalue weighted by Crippen LogP contribution is 2.75. The first-order chi connectivity index (χ1) is 5.33. The Morgan fingerprint density at radius 2 is 1.91 bits per heavy atom. The minimum Gasteiger partial charge on any atom is -0.0620 e. The van der Waals surface area contributed by atoms with Gasteiger partial charge in [0.2, 0.25) is 0 Å². The van der Waals surface area contributed by atoms with E-state index in [4.69, 9.17) is 0 Å². The van der Waals surface area contributed by atoms with Crippen molar-refractivity contribution in [2.24, 2.45) is 5.92 Å². The largest absolute Gasteiger partial charge is 0.0620 e. The second-order valence-corrected chi connectivity index (χ2v) is 4.08. The maximum absolute atomic E-state index is 2.31. The highest BCUT2D eigenvalue weighted by molar-refractivity contribution is 5.47. The zero-order chi connectivity index (χ0) is 7.47. The summed E-state index contributed by atoms with van der Waals surface area (Å²) in [6, 6.07) is 8.85. The van der Waals surface area contributed by atoms with E-state index in [1.54, 1.807) is 5.56 Å². The van der Waals surface area contributed by atoms with Gasteiger partial charge in [-0.25, -0.2) is 0 Å². The van der Waals surface area contributed by atoms with Gasteiger partial charge in [-0.15, -0.1) is 0 Å². The van der Waals surface area contributed by atoms with Gasteiger partial charge in [-0.05, 0) is 42.2 Å². The van der Waals surface area contributed by atoms with Gasteiger partial charge in [-0.2, -0.15) is 0 Å². The first kappa shape index (κ1) is 5.82. The Morgan fingerprint density at radius 3 is 2.45 bits per heavy atom. The van der Waals surface area contributed by atoms with Gasteiger partial charge in [0.05, 0.1) is 0 Å². The smallest absolute Gasteiger partial charge is 0.000958 e. The van der Waals surface area contributed by atoms with Crippen molar-refractivity contribution in [3.8, 4) is 0 Å². The van der Waals surface area contributed by atoms with Crippen LogP contribution in [0.1, 0.15) is 24.0 Å². The average Bonchev–Trinajstić information content (AvgIpc) is 2.74. The standard InChI is InChI=1S/C11H12/c1-8-4-2-3-5-10(8)11-6-9(11)7-11/h2-5,9H,6-7H2,1H3. The minimum atomic E-state index is 0.700. The summed E-state index contributed by atoms with van der Waals surface area (Å²) < 4.78 is 0. The fourth-order valence-corrected chi connectivity index (χ4v) is 2.27. The quantitative estimate of drug-likeness (QED) is 0.568. The molecular weight excluding hydrogens is 132 g/mol. The summed E-state index contributed by atoms with van der Waals surface area (Å²) >= 11 is 0. The molecule has 0 atom stereocenters. The van der Waals surface area contributed by atoms with Crippen LogP contribution < -0.4 is 0 Å². The second kappa shape index (κ2) is 1.52. The lowest BCUT2D eigenvalue weighted by molar-refractivity contribution is 0.816. The number of hydrogen-bond donors (Lipinski definition) is 0. The molecule has 2 aliphatic rings. The lowest BCUT2D eigenvalue weighted by atomic mass is 9.99. The summed E-state index contributed by atoms with van der Waals surface area (Å²) in [4.78, 5) is 0. The van der Waals surface area contributed by atoms with E-state index in [-0.39, 0.29) is 0 Å². The van der Waals surface area contributed by atoms with Crippen molar-refractivity contribution >= 4 is 0 Å². The van der Waals surface area contributed by atoms with Crippen LogP contribution >= 0.6 is 0 Å². The monoisotopic (exact) mass is 144 g/mol. The van der Waals surface area contributed by atoms with Crippen LogP contribution in [-0.4, -0.2) is 0 Å². The van der Waals surface area contributed by atoms with Gasteiger partial charge in [0.15, 0.2) is 0 Å². The first-order valence-electron chi connectivity index (χ1n) is 4.39. The maximum Gasteiger partial charge on any atom is -0.000958 e. The third kappa shape index (κ3) is 0.604. The van der Waals surface area contributed by atoms with E-state index in [1.165, 1.54) is 18.4 Å². The molecule has 0 radical (unpaired) electrons. The third-order valence-corrected chi connectivity index (χ3v) is 3.36. The highest BCUT2D eigenvalue weighted by atomic mass is 14.7.